The number of hydrogen-bond donors (Lipinski definition) is 0. The second-order valence-electron chi connectivity index (χ2n) is 8.04. The van der Waals surface area contributed by atoms with Crippen LogP contribution >= 0.6 is 11.6 Å². The summed E-state index contributed by atoms with van der Waals surface area (Å²) in [6.45, 7) is 9.77. The van der Waals surface area contributed by atoms with Crippen molar-refractivity contribution in [3.63, 3.8) is 0 Å². The molecule has 1 amide bonds. The molecular weight excluding hydrogens is 380 g/mol. The summed E-state index contributed by atoms with van der Waals surface area (Å²) >= 11 is 6.14. The van der Waals surface area contributed by atoms with Crippen LogP contribution in [0.2, 0.25) is 5.02 Å². The predicted octanol–water partition coefficient (Wildman–Crippen LogP) is 6.19. The van der Waals surface area contributed by atoms with Gasteiger partial charge in [0.15, 0.2) is 0 Å². The molecule has 4 heteroatoms. The minimum Gasteiger partial charge on any atom is -0.345 e. The largest absolute Gasteiger partial charge is 0.345 e. The van der Waals surface area contributed by atoms with Crippen molar-refractivity contribution in [2.45, 2.75) is 46.8 Å². The van der Waals surface area contributed by atoms with Gasteiger partial charge in [0.2, 0.25) is 0 Å². The second-order valence-corrected chi connectivity index (χ2v) is 8.48. The average Bonchev–Trinajstić information content (AvgIpc) is 3.12. The number of amides is 1. The highest BCUT2D eigenvalue weighted by atomic mass is 35.5. The van der Waals surface area contributed by atoms with Gasteiger partial charge in [0, 0.05) is 35.1 Å². The molecule has 0 aliphatic rings. The number of rotatable bonds is 7. The fraction of sp³-hybridized carbons (Fsp3) is 0.320. The van der Waals surface area contributed by atoms with Crippen LogP contribution in [0, 0.1) is 12.8 Å². The zero-order chi connectivity index (χ0) is 21.0. The van der Waals surface area contributed by atoms with E-state index in [0.29, 0.717) is 12.5 Å². The number of carbonyl (C=O) groups excluding carboxylic acids is 1. The molecule has 0 bridgehead atoms. The third kappa shape index (κ3) is 5.30. The number of aryl methyl sites for hydroxylation is 1. The van der Waals surface area contributed by atoms with Crippen LogP contribution in [0.15, 0.2) is 66.9 Å². The first-order valence-electron chi connectivity index (χ1n) is 10.1. The Hall–Kier alpha value is -2.52. The molecule has 0 spiro atoms. The van der Waals surface area contributed by atoms with Gasteiger partial charge in [0.25, 0.3) is 5.91 Å². The van der Waals surface area contributed by atoms with Gasteiger partial charge >= 0.3 is 0 Å². The van der Waals surface area contributed by atoms with E-state index in [1.807, 2.05) is 60.4 Å². The molecule has 3 rings (SSSR count). The van der Waals surface area contributed by atoms with Gasteiger partial charge in [-0.1, -0.05) is 55.3 Å². The lowest BCUT2D eigenvalue weighted by Crippen LogP contribution is -2.41. The number of aromatic nitrogens is 1. The Balaban J connectivity index is 1.86. The van der Waals surface area contributed by atoms with Crippen molar-refractivity contribution in [2.75, 3.05) is 0 Å². The summed E-state index contributed by atoms with van der Waals surface area (Å²) in [4.78, 5) is 15.3. The number of halogens is 1. The topological polar surface area (TPSA) is 25.2 Å². The van der Waals surface area contributed by atoms with E-state index < -0.39 is 0 Å². The molecule has 0 aliphatic carbocycles. The molecule has 0 fully saturated rings. The predicted molar refractivity (Wildman–Crippen MR) is 120 cm³/mol. The molecule has 0 N–H and O–H groups in total. The zero-order valence-electron chi connectivity index (χ0n) is 17.6. The van der Waals surface area contributed by atoms with Gasteiger partial charge in [-0.15, -0.1) is 0 Å². The minimum atomic E-state index is 0.0710. The molecule has 1 atom stereocenters. The minimum absolute atomic E-state index is 0.0710. The van der Waals surface area contributed by atoms with Crippen molar-refractivity contribution in [1.82, 2.24) is 9.47 Å². The van der Waals surface area contributed by atoms with Gasteiger partial charge in [0.1, 0.15) is 0 Å². The number of nitrogens with zero attached hydrogens (tertiary/aromatic N) is 2. The van der Waals surface area contributed by atoms with E-state index in [2.05, 4.69) is 43.7 Å². The highest BCUT2D eigenvalue weighted by Gasteiger charge is 2.25. The molecule has 0 aliphatic heterocycles. The van der Waals surface area contributed by atoms with Gasteiger partial charge in [0.05, 0.1) is 6.54 Å². The Morgan fingerprint density at radius 3 is 2.41 bits per heavy atom. The van der Waals surface area contributed by atoms with Crippen LogP contribution in [0.3, 0.4) is 0 Å². The average molecular weight is 409 g/mol. The summed E-state index contributed by atoms with van der Waals surface area (Å²) in [7, 11) is 0. The quantitative estimate of drug-likeness (QED) is 0.457. The molecule has 1 heterocycles. The summed E-state index contributed by atoms with van der Waals surface area (Å²) in [5, 5.41) is 0.737. The third-order valence-electron chi connectivity index (χ3n) is 5.51. The lowest BCUT2D eigenvalue weighted by atomic mass is 10.0. The van der Waals surface area contributed by atoms with Crippen LogP contribution in [0.25, 0.3) is 0 Å². The van der Waals surface area contributed by atoms with Gasteiger partial charge in [-0.25, -0.2) is 0 Å². The van der Waals surface area contributed by atoms with Crippen molar-refractivity contribution in [1.29, 1.82) is 0 Å². The Morgan fingerprint density at radius 2 is 1.76 bits per heavy atom. The summed E-state index contributed by atoms with van der Waals surface area (Å²) in [5.74, 6) is 0.433. The second kappa shape index (κ2) is 9.32. The van der Waals surface area contributed by atoms with E-state index in [0.717, 1.165) is 34.0 Å². The molecule has 3 nitrogen and oxygen atoms in total. The fourth-order valence-corrected chi connectivity index (χ4v) is 3.59. The van der Waals surface area contributed by atoms with Crippen molar-refractivity contribution in [2.24, 2.45) is 5.92 Å². The fourth-order valence-electron chi connectivity index (χ4n) is 3.38. The summed E-state index contributed by atoms with van der Waals surface area (Å²) in [6.07, 6.45) is 2.06. The lowest BCUT2D eigenvalue weighted by Gasteiger charge is -2.32. The van der Waals surface area contributed by atoms with Crippen molar-refractivity contribution >= 4 is 17.5 Å². The molecular formula is C25H29ClN2O. The van der Waals surface area contributed by atoms with Gasteiger partial charge in [-0.05, 0) is 61.7 Å². The molecule has 1 aromatic heterocycles. The van der Waals surface area contributed by atoms with Crippen LogP contribution in [-0.2, 0) is 13.1 Å². The molecule has 0 saturated carbocycles. The summed E-state index contributed by atoms with van der Waals surface area (Å²) < 4.78 is 2.19. The van der Waals surface area contributed by atoms with Crippen LogP contribution in [-0.4, -0.2) is 21.4 Å². The van der Waals surface area contributed by atoms with E-state index in [1.54, 1.807) is 0 Å². The van der Waals surface area contributed by atoms with Gasteiger partial charge in [-0.2, -0.15) is 0 Å². The standard InChI is InChI=1S/C25H29ClN2O/c1-18(2)20(4)28(25(29)22-12-10-19(3)11-13-22)17-24-9-6-14-27(24)16-21-7-5-8-23(26)15-21/h5-15,18,20H,16-17H2,1-4H3. The molecule has 2 aromatic carbocycles. The SMILES string of the molecule is Cc1ccc(C(=O)N(Cc2cccn2Cc2cccc(Cl)c2)C(C)C(C)C)cc1. The Bertz CT molecular complexity index is 959. The van der Waals surface area contributed by atoms with Crippen molar-refractivity contribution < 1.29 is 4.79 Å². The van der Waals surface area contributed by atoms with E-state index >= 15 is 0 Å². The maximum Gasteiger partial charge on any atom is 0.254 e. The normalized spacial score (nSPS) is 12.2. The lowest BCUT2D eigenvalue weighted by molar-refractivity contribution is 0.0622. The molecule has 0 radical (unpaired) electrons. The Kier molecular flexibility index (Phi) is 6.81. The highest BCUT2D eigenvalue weighted by Crippen LogP contribution is 2.20. The number of hydrogen-bond acceptors (Lipinski definition) is 1. The van der Waals surface area contributed by atoms with Gasteiger partial charge in [-0.3, -0.25) is 4.79 Å². The molecule has 0 saturated heterocycles. The number of benzene rings is 2. The monoisotopic (exact) mass is 408 g/mol. The Morgan fingerprint density at radius 1 is 1.03 bits per heavy atom. The number of carbonyl (C=O) groups is 1. The van der Waals surface area contributed by atoms with Gasteiger partial charge < -0.3 is 9.47 Å². The maximum atomic E-state index is 13.3. The molecule has 152 valence electrons. The molecule has 1 unspecified atom stereocenters. The first kappa shape index (κ1) is 21.2. The smallest absolute Gasteiger partial charge is 0.254 e. The molecule has 3 aromatic rings. The van der Waals surface area contributed by atoms with Crippen molar-refractivity contribution in [3.05, 3.63) is 94.3 Å². The first-order valence-corrected chi connectivity index (χ1v) is 10.5. The third-order valence-corrected chi connectivity index (χ3v) is 5.75. The van der Waals surface area contributed by atoms with E-state index in [9.17, 15) is 4.79 Å². The van der Waals surface area contributed by atoms with Crippen LogP contribution in [0.1, 0.15) is 48.0 Å². The Labute approximate surface area is 178 Å². The molecule has 29 heavy (non-hydrogen) atoms. The van der Waals surface area contributed by atoms with Crippen LogP contribution < -0.4 is 0 Å². The summed E-state index contributed by atoms with van der Waals surface area (Å²) in [5.41, 5.74) is 4.14. The van der Waals surface area contributed by atoms with E-state index in [4.69, 9.17) is 11.6 Å². The first-order chi connectivity index (χ1) is 13.8. The van der Waals surface area contributed by atoms with E-state index in [-0.39, 0.29) is 11.9 Å². The van der Waals surface area contributed by atoms with E-state index in [1.165, 1.54) is 0 Å². The summed E-state index contributed by atoms with van der Waals surface area (Å²) in [6, 6.07) is 20.0. The van der Waals surface area contributed by atoms with Crippen molar-refractivity contribution in [3.8, 4) is 0 Å². The van der Waals surface area contributed by atoms with Crippen LogP contribution in [0.4, 0.5) is 0 Å². The highest BCUT2D eigenvalue weighted by molar-refractivity contribution is 6.30. The van der Waals surface area contributed by atoms with Crippen LogP contribution in [0.5, 0.6) is 0 Å². The maximum absolute atomic E-state index is 13.3. The zero-order valence-corrected chi connectivity index (χ0v) is 18.4.